The molecule has 0 aromatic heterocycles. The summed E-state index contributed by atoms with van der Waals surface area (Å²) in [6.07, 6.45) is 4.25. The van der Waals surface area contributed by atoms with Gasteiger partial charge >= 0.3 is 0 Å². The fraction of sp³-hybridized carbons (Fsp3) is 0.824. The lowest BCUT2D eigenvalue weighted by atomic mass is 9.95. The monoisotopic (exact) mass is 338 g/mol. The average molecular weight is 338 g/mol. The Hall–Kier alpha value is -1.47. The van der Waals surface area contributed by atoms with Gasteiger partial charge in [-0.15, -0.1) is 0 Å². The first-order valence-corrected chi connectivity index (χ1v) is 9.09. The maximum Gasteiger partial charge on any atom is 0.247 e. The molecular weight excluding hydrogens is 308 g/mol. The minimum Gasteiger partial charge on any atom is -0.341 e. The molecule has 0 spiro atoms. The number of nitrogens with one attached hydrogen (secondary N) is 1. The van der Waals surface area contributed by atoms with Crippen molar-refractivity contribution in [2.75, 3.05) is 26.2 Å². The van der Waals surface area contributed by atoms with Crippen molar-refractivity contribution in [3.63, 3.8) is 0 Å². The molecule has 0 saturated carbocycles. The van der Waals surface area contributed by atoms with E-state index in [1.54, 1.807) is 4.90 Å². The molecule has 2 rings (SSSR count). The molecule has 0 bridgehead atoms. The van der Waals surface area contributed by atoms with E-state index < -0.39 is 18.0 Å². The fourth-order valence-electron chi connectivity index (χ4n) is 3.53. The van der Waals surface area contributed by atoms with Crippen LogP contribution in [-0.2, 0) is 14.4 Å². The Morgan fingerprint density at radius 2 is 1.92 bits per heavy atom. The van der Waals surface area contributed by atoms with Gasteiger partial charge in [0.25, 0.3) is 0 Å². The number of imide groups is 1. The van der Waals surface area contributed by atoms with E-state index in [0.29, 0.717) is 25.9 Å². The number of amides is 3. The molecule has 3 N–H and O–H groups in total. The molecule has 7 heteroatoms. The second kappa shape index (κ2) is 8.58. The molecule has 136 valence electrons. The molecule has 2 heterocycles. The molecule has 7 nitrogen and oxygen atoms in total. The number of hydrogen-bond donors (Lipinski definition) is 2. The van der Waals surface area contributed by atoms with Crippen molar-refractivity contribution in [3.8, 4) is 0 Å². The van der Waals surface area contributed by atoms with E-state index in [1.807, 2.05) is 13.8 Å². The second-order valence-electron chi connectivity index (χ2n) is 6.82. The molecule has 0 aromatic rings. The highest BCUT2D eigenvalue weighted by Crippen LogP contribution is 2.22. The van der Waals surface area contributed by atoms with Crippen molar-refractivity contribution in [1.82, 2.24) is 15.1 Å². The molecule has 2 fully saturated rings. The first-order chi connectivity index (χ1) is 11.5. The summed E-state index contributed by atoms with van der Waals surface area (Å²) in [5.74, 6) is -0.985. The molecule has 2 aliphatic rings. The average Bonchev–Trinajstić information content (AvgIpc) is 3.30. The topological polar surface area (TPSA) is 95.7 Å². The van der Waals surface area contributed by atoms with E-state index in [9.17, 15) is 14.4 Å². The predicted molar refractivity (Wildman–Crippen MR) is 91.0 cm³/mol. The number of carbonyl (C=O) groups excluding carboxylic acids is 3. The highest BCUT2D eigenvalue weighted by atomic mass is 16.2. The molecular formula is C17H30N4O3. The Bertz CT molecular complexity index is 470. The zero-order valence-corrected chi connectivity index (χ0v) is 14.8. The van der Waals surface area contributed by atoms with Crippen LogP contribution in [0.5, 0.6) is 0 Å². The van der Waals surface area contributed by atoms with Gasteiger partial charge in [0.2, 0.25) is 17.7 Å². The smallest absolute Gasteiger partial charge is 0.247 e. The Morgan fingerprint density at radius 1 is 1.25 bits per heavy atom. The van der Waals surface area contributed by atoms with Crippen LogP contribution in [0.2, 0.25) is 0 Å². The summed E-state index contributed by atoms with van der Waals surface area (Å²) in [5.41, 5.74) is 5.55. The molecule has 2 aliphatic heterocycles. The summed E-state index contributed by atoms with van der Waals surface area (Å²) < 4.78 is 0. The Kier molecular flexibility index (Phi) is 6.74. The third-order valence-corrected chi connectivity index (χ3v) is 5.17. The van der Waals surface area contributed by atoms with Crippen LogP contribution in [0.1, 0.15) is 46.0 Å². The van der Waals surface area contributed by atoms with Crippen LogP contribution >= 0.6 is 0 Å². The second-order valence-corrected chi connectivity index (χ2v) is 6.82. The van der Waals surface area contributed by atoms with Crippen LogP contribution < -0.4 is 11.1 Å². The quantitative estimate of drug-likeness (QED) is 0.715. The Morgan fingerprint density at radius 3 is 2.42 bits per heavy atom. The highest BCUT2D eigenvalue weighted by Gasteiger charge is 2.42. The van der Waals surface area contributed by atoms with Gasteiger partial charge in [-0.3, -0.25) is 19.3 Å². The van der Waals surface area contributed by atoms with Crippen LogP contribution in [0.15, 0.2) is 0 Å². The van der Waals surface area contributed by atoms with E-state index >= 15 is 0 Å². The lowest BCUT2D eigenvalue weighted by Gasteiger charge is -2.36. The molecule has 0 aliphatic carbocycles. The molecule has 3 atom stereocenters. The zero-order valence-electron chi connectivity index (χ0n) is 14.8. The van der Waals surface area contributed by atoms with Gasteiger partial charge in [-0.1, -0.05) is 20.3 Å². The van der Waals surface area contributed by atoms with Crippen LogP contribution in [0.4, 0.5) is 0 Å². The minimum atomic E-state index is -0.751. The molecule has 3 amide bonds. The van der Waals surface area contributed by atoms with E-state index in [0.717, 1.165) is 30.7 Å². The third kappa shape index (κ3) is 3.95. The zero-order chi connectivity index (χ0) is 17.7. The van der Waals surface area contributed by atoms with Gasteiger partial charge in [0.1, 0.15) is 6.04 Å². The van der Waals surface area contributed by atoms with Gasteiger partial charge in [0, 0.05) is 13.1 Å². The van der Waals surface area contributed by atoms with Gasteiger partial charge in [-0.2, -0.15) is 0 Å². The van der Waals surface area contributed by atoms with Gasteiger partial charge in [-0.05, 0) is 38.1 Å². The first kappa shape index (κ1) is 18.9. The lowest BCUT2D eigenvalue weighted by molar-refractivity contribution is -0.157. The number of hydrogen-bond acceptors (Lipinski definition) is 5. The van der Waals surface area contributed by atoms with E-state index in [-0.39, 0.29) is 24.3 Å². The first-order valence-electron chi connectivity index (χ1n) is 9.09. The van der Waals surface area contributed by atoms with Crippen LogP contribution in [0, 0.1) is 5.92 Å². The number of rotatable bonds is 6. The fourth-order valence-corrected chi connectivity index (χ4v) is 3.53. The maximum absolute atomic E-state index is 13.0. The number of likely N-dealkylation sites (tertiary alicyclic amines) is 1. The Balaban J connectivity index is 2.30. The largest absolute Gasteiger partial charge is 0.341 e. The molecule has 2 saturated heterocycles. The van der Waals surface area contributed by atoms with Crippen molar-refractivity contribution in [2.24, 2.45) is 11.7 Å². The SMILES string of the molecule is CCC(C)C(C(=O)N1CCCC1)N(C(=O)CN)C(=O)C1CCCN1. The lowest BCUT2D eigenvalue weighted by Crippen LogP contribution is -2.60. The minimum absolute atomic E-state index is 0.0982. The van der Waals surface area contributed by atoms with E-state index in [2.05, 4.69) is 5.32 Å². The van der Waals surface area contributed by atoms with Gasteiger partial charge < -0.3 is 16.0 Å². The Labute approximate surface area is 143 Å². The van der Waals surface area contributed by atoms with Crippen LogP contribution in [-0.4, -0.2) is 65.8 Å². The summed E-state index contributed by atoms with van der Waals surface area (Å²) in [4.78, 5) is 41.4. The van der Waals surface area contributed by atoms with Gasteiger partial charge in [0.15, 0.2) is 0 Å². The summed E-state index contributed by atoms with van der Waals surface area (Å²) in [7, 11) is 0. The summed E-state index contributed by atoms with van der Waals surface area (Å²) in [6, 6.07) is -1.14. The normalized spacial score (nSPS) is 23.1. The van der Waals surface area contributed by atoms with Crippen LogP contribution in [0.3, 0.4) is 0 Å². The molecule has 0 radical (unpaired) electrons. The van der Waals surface area contributed by atoms with Crippen molar-refractivity contribution in [2.45, 2.75) is 58.0 Å². The van der Waals surface area contributed by atoms with E-state index in [1.165, 1.54) is 0 Å². The van der Waals surface area contributed by atoms with Crippen molar-refractivity contribution >= 4 is 17.7 Å². The molecule has 24 heavy (non-hydrogen) atoms. The maximum atomic E-state index is 13.0. The van der Waals surface area contributed by atoms with E-state index in [4.69, 9.17) is 5.73 Å². The highest BCUT2D eigenvalue weighted by molar-refractivity contribution is 6.03. The predicted octanol–water partition coefficient (Wildman–Crippen LogP) is 0.0894. The summed E-state index contributed by atoms with van der Waals surface area (Å²) in [5, 5.41) is 3.13. The van der Waals surface area contributed by atoms with Crippen molar-refractivity contribution < 1.29 is 14.4 Å². The summed E-state index contributed by atoms with van der Waals surface area (Å²) >= 11 is 0. The standard InChI is InChI=1S/C17H30N4O3/c1-3-12(2)15(17(24)20-9-4-5-10-20)21(14(22)11-18)16(23)13-7-6-8-19-13/h12-13,15,19H,3-11,18H2,1-2H3. The number of nitrogens with two attached hydrogens (primary N) is 1. The van der Waals surface area contributed by atoms with Gasteiger partial charge in [0.05, 0.1) is 12.6 Å². The number of nitrogens with zero attached hydrogens (tertiary/aromatic N) is 2. The molecule has 3 unspecified atom stereocenters. The van der Waals surface area contributed by atoms with Crippen molar-refractivity contribution in [1.29, 1.82) is 0 Å². The summed E-state index contributed by atoms with van der Waals surface area (Å²) in [6.45, 7) is 5.79. The van der Waals surface area contributed by atoms with Crippen LogP contribution in [0.25, 0.3) is 0 Å². The third-order valence-electron chi connectivity index (χ3n) is 5.17. The molecule has 0 aromatic carbocycles. The number of carbonyl (C=O) groups is 3. The van der Waals surface area contributed by atoms with Gasteiger partial charge in [-0.25, -0.2) is 0 Å². The van der Waals surface area contributed by atoms with Crippen molar-refractivity contribution in [3.05, 3.63) is 0 Å².